The van der Waals surface area contributed by atoms with Gasteiger partial charge >= 0.3 is 6.03 Å². The lowest BCUT2D eigenvalue weighted by molar-refractivity contribution is 0.198. The number of rotatable bonds is 5. The van der Waals surface area contributed by atoms with Gasteiger partial charge in [0.2, 0.25) is 0 Å². The second-order valence-corrected chi connectivity index (χ2v) is 4.15. The molecule has 82 valence electrons. The number of hydrogen-bond acceptors (Lipinski definition) is 2. The number of hydrogen-bond donors (Lipinski definition) is 1. The minimum absolute atomic E-state index is 0.176. The molecule has 0 saturated carbocycles. The first-order valence-corrected chi connectivity index (χ1v) is 5.34. The molecule has 0 radical (unpaired) electrons. The molecule has 1 saturated heterocycles. The van der Waals surface area contributed by atoms with Crippen LogP contribution in [-0.2, 0) is 0 Å². The fourth-order valence-corrected chi connectivity index (χ4v) is 1.57. The fourth-order valence-electron chi connectivity index (χ4n) is 1.57. The van der Waals surface area contributed by atoms with Crippen LogP contribution >= 0.6 is 0 Å². The van der Waals surface area contributed by atoms with Crippen molar-refractivity contribution in [1.82, 2.24) is 15.1 Å². The van der Waals surface area contributed by atoms with E-state index in [2.05, 4.69) is 19.2 Å². The molecule has 0 aromatic carbocycles. The summed E-state index contributed by atoms with van der Waals surface area (Å²) in [6, 6.07) is 0.710. The SMILES string of the molecule is CC(C)NCCCN1CCN(C)C1=O. The monoisotopic (exact) mass is 199 g/mol. The molecule has 1 rings (SSSR count). The van der Waals surface area contributed by atoms with Gasteiger partial charge in [-0.3, -0.25) is 0 Å². The van der Waals surface area contributed by atoms with Gasteiger partial charge in [0.25, 0.3) is 0 Å². The summed E-state index contributed by atoms with van der Waals surface area (Å²) in [5.41, 5.74) is 0. The number of carbonyl (C=O) groups excluding carboxylic acids is 1. The van der Waals surface area contributed by atoms with E-state index >= 15 is 0 Å². The van der Waals surface area contributed by atoms with Crippen LogP contribution < -0.4 is 5.32 Å². The molecule has 1 N–H and O–H groups in total. The van der Waals surface area contributed by atoms with Gasteiger partial charge in [0.15, 0.2) is 0 Å². The van der Waals surface area contributed by atoms with Gasteiger partial charge in [-0.2, -0.15) is 0 Å². The largest absolute Gasteiger partial charge is 0.326 e. The zero-order valence-corrected chi connectivity index (χ0v) is 9.42. The summed E-state index contributed by atoms with van der Waals surface area (Å²) in [7, 11) is 1.86. The van der Waals surface area contributed by atoms with Crippen molar-refractivity contribution < 1.29 is 4.79 Å². The van der Waals surface area contributed by atoms with E-state index < -0.39 is 0 Å². The predicted octanol–water partition coefficient (Wildman–Crippen LogP) is 0.742. The van der Waals surface area contributed by atoms with Gasteiger partial charge in [0.1, 0.15) is 0 Å². The molecular formula is C10H21N3O. The highest BCUT2D eigenvalue weighted by Crippen LogP contribution is 2.05. The van der Waals surface area contributed by atoms with Gasteiger partial charge in [-0.25, -0.2) is 4.79 Å². The Hall–Kier alpha value is -0.770. The van der Waals surface area contributed by atoms with E-state index in [0.717, 1.165) is 32.6 Å². The Bertz CT molecular complexity index is 194. The smallest absolute Gasteiger partial charge is 0.319 e. The number of likely N-dealkylation sites (N-methyl/N-ethyl adjacent to an activating group) is 1. The third-order valence-corrected chi connectivity index (χ3v) is 2.46. The molecule has 4 heteroatoms. The van der Waals surface area contributed by atoms with Crippen LogP contribution in [0.1, 0.15) is 20.3 Å². The summed E-state index contributed by atoms with van der Waals surface area (Å²) < 4.78 is 0. The molecule has 1 heterocycles. The van der Waals surface area contributed by atoms with Crippen LogP contribution in [0.3, 0.4) is 0 Å². The van der Waals surface area contributed by atoms with Crippen LogP contribution in [0.5, 0.6) is 0 Å². The van der Waals surface area contributed by atoms with E-state index in [1.807, 2.05) is 11.9 Å². The maximum absolute atomic E-state index is 11.5. The summed E-state index contributed by atoms with van der Waals surface area (Å²) in [6.07, 6.45) is 1.04. The second kappa shape index (κ2) is 5.20. The molecule has 14 heavy (non-hydrogen) atoms. The lowest BCUT2D eigenvalue weighted by atomic mass is 10.3. The normalized spacial score (nSPS) is 17.3. The molecule has 0 unspecified atom stereocenters. The average Bonchev–Trinajstić information content (AvgIpc) is 2.43. The third kappa shape index (κ3) is 3.18. The number of urea groups is 1. The maximum atomic E-state index is 11.5. The number of nitrogens with zero attached hydrogens (tertiary/aromatic N) is 2. The van der Waals surface area contributed by atoms with Crippen molar-refractivity contribution in [2.75, 3.05) is 33.2 Å². The van der Waals surface area contributed by atoms with Gasteiger partial charge in [-0.15, -0.1) is 0 Å². The third-order valence-electron chi connectivity index (χ3n) is 2.46. The summed E-state index contributed by atoms with van der Waals surface area (Å²) in [6.45, 7) is 7.89. The summed E-state index contributed by atoms with van der Waals surface area (Å²) >= 11 is 0. The highest BCUT2D eigenvalue weighted by molar-refractivity contribution is 5.76. The lowest BCUT2D eigenvalue weighted by Crippen LogP contribution is -2.32. The highest BCUT2D eigenvalue weighted by Gasteiger charge is 2.24. The molecular weight excluding hydrogens is 178 g/mol. The Morgan fingerprint density at radius 1 is 1.43 bits per heavy atom. The molecule has 1 aliphatic rings. The fraction of sp³-hybridized carbons (Fsp3) is 0.900. The van der Waals surface area contributed by atoms with E-state index in [9.17, 15) is 4.79 Å². The molecule has 0 atom stereocenters. The molecule has 0 aromatic heterocycles. The summed E-state index contributed by atoms with van der Waals surface area (Å²) in [5.74, 6) is 0. The Kier molecular flexibility index (Phi) is 4.20. The Morgan fingerprint density at radius 3 is 2.64 bits per heavy atom. The van der Waals surface area contributed by atoms with Gasteiger partial charge in [0.05, 0.1) is 0 Å². The molecule has 0 bridgehead atoms. The average molecular weight is 199 g/mol. The van der Waals surface area contributed by atoms with E-state index in [0.29, 0.717) is 6.04 Å². The van der Waals surface area contributed by atoms with Crippen LogP contribution in [0.2, 0.25) is 0 Å². The van der Waals surface area contributed by atoms with Crippen molar-refractivity contribution in [3.8, 4) is 0 Å². The Balaban J connectivity index is 2.10. The van der Waals surface area contributed by atoms with Crippen molar-refractivity contribution >= 4 is 6.03 Å². The molecule has 1 fully saturated rings. The molecule has 0 spiro atoms. The minimum Gasteiger partial charge on any atom is -0.326 e. The molecule has 0 aliphatic carbocycles. The van der Waals surface area contributed by atoms with Crippen molar-refractivity contribution in [3.05, 3.63) is 0 Å². The van der Waals surface area contributed by atoms with Gasteiger partial charge < -0.3 is 15.1 Å². The van der Waals surface area contributed by atoms with E-state index in [1.165, 1.54) is 0 Å². The topological polar surface area (TPSA) is 35.6 Å². The molecule has 2 amide bonds. The first-order valence-electron chi connectivity index (χ1n) is 5.34. The van der Waals surface area contributed by atoms with Crippen molar-refractivity contribution in [2.45, 2.75) is 26.3 Å². The highest BCUT2D eigenvalue weighted by atomic mass is 16.2. The van der Waals surface area contributed by atoms with Crippen LogP contribution in [0.15, 0.2) is 0 Å². The molecule has 4 nitrogen and oxygen atoms in total. The molecule has 1 aliphatic heterocycles. The first-order chi connectivity index (χ1) is 6.61. The number of carbonyl (C=O) groups is 1. The number of nitrogens with one attached hydrogen (secondary N) is 1. The van der Waals surface area contributed by atoms with Gasteiger partial charge in [0, 0.05) is 32.7 Å². The summed E-state index contributed by atoms with van der Waals surface area (Å²) in [4.78, 5) is 15.2. The first kappa shape index (κ1) is 11.3. The number of amides is 2. The van der Waals surface area contributed by atoms with Crippen molar-refractivity contribution in [1.29, 1.82) is 0 Å². The van der Waals surface area contributed by atoms with E-state index in [-0.39, 0.29) is 6.03 Å². The van der Waals surface area contributed by atoms with Gasteiger partial charge in [-0.1, -0.05) is 13.8 Å². The minimum atomic E-state index is 0.176. The lowest BCUT2D eigenvalue weighted by Gasteiger charge is -2.16. The predicted molar refractivity (Wildman–Crippen MR) is 57.4 cm³/mol. The van der Waals surface area contributed by atoms with Crippen molar-refractivity contribution in [2.24, 2.45) is 0 Å². The van der Waals surface area contributed by atoms with Crippen LogP contribution in [0, 0.1) is 0 Å². The summed E-state index contributed by atoms with van der Waals surface area (Å²) in [5, 5.41) is 3.34. The van der Waals surface area contributed by atoms with Crippen LogP contribution in [-0.4, -0.2) is 55.1 Å². The van der Waals surface area contributed by atoms with E-state index in [4.69, 9.17) is 0 Å². The van der Waals surface area contributed by atoms with E-state index in [1.54, 1.807) is 4.90 Å². The quantitative estimate of drug-likeness (QED) is 0.663. The zero-order chi connectivity index (χ0) is 10.6. The van der Waals surface area contributed by atoms with Crippen LogP contribution in [0.4, 0.5) is 4.79 Å². The molecule has 0 aromatic rings. The maximum Gasteiger partial charge on any atom is 0.319 e. The second-order valence-electron chi connectivity index (χ2n) is 4.15. The Labute approximate surface area is 86.2 Å². The van der Waals surface area contributed by atoms with Crippen LogP contribution in [0.25, 0.3) is 0 Å². The van der Waals surface area contributed by atoms with Crippen molar-refractivity contribution in [3.63, 3.8) is 0 Å². The zero-order valence-electron chi connectivity index (χ0n) is 9.42. The Morgan fingerprint density at radius 2 is 2.14 bits per heavy atom. The van der Waals surface area contributed by atoms with Gasteiger partial charge in [-0.05, 0) is 13.0 Å². The standard InChI is InChI=1S/C10H21N3O/c1-9(2)11-5-4-6-13-8-7-12(3)10(13)14/h9,11H,4-8H2,1-3H3.